The molecule has 0 radical (unpaired) electrons. The molecule has 0 aliphatic carbocycles. The first-order valence-electron chi connectivity index (χ1n) is 6.05. The standard InChI is InChI=1S/C13H15N3O3/c1-3-8(2)14-11(17)10-12(18)15-9-6-4-5-7-16(9)13(10)19/h4-8,18H,3H2,1-2H3,(H,14,17)/t8-/m1/s1. The number of rotatable bonds is 3. The molecule has 2 heterocycles. The van der Waals surface area contributed by atoms with Gasteiger partial charge in [0.05, 0.1) is 0 Å². The van der Waals surface area contributed by atoms with Crippen molar-refractivity contribution in [3.63, 3.8) is 0 Å². The van der Waals surface area contributed by atoms with E-state index in [1.807, 2.05) is 13.8 Å². The van der Waals surface area contributed by atoms with Crippen molar-refractivity contribution in [1.82, 2.24) is 14.7 Å². The van der Waals surface area contributed by atoms with Gasteiger partial charge in [0.2, 0.25) is 5.88 Å². The molecule has 0 unspecified atom stereocenters. The van der Waals surface area contributed by atoms with E-state index in [4.69, 9.17) is 0 Å². The summed E-state index contributed by atoms with van der Waals surface area (Å²) in [6.45, 7) is 3.73. The van der Waals surface area contributed by atoms with Gasteiger partial charge in [-0.05, 0) is 25.5 Å². The Balaban J connectivity index is 2.55. The predicted molar refractivity (Wildman–Crippen MR) is 70.3 cm³/mol. The van der Waals surface area contributed by atoms with Gasteiger partial charge in [0.15, 0.2) is 5.56 Å². The van der Waals surface area contributed by atoms with E-state index in [0.29, 0.717) is 5.65 Å². The quantitative estimate of drug-likeness (QED) is 0.860. The monoisotopic (exact) mass is 261 g/mol. The first kappa shape index (κ1) is 13.1. The maximum Gasteiger partial charge on any atom is 0.274 e. The molecule has 0 saturated heterocycles. The molecule has 1 atom stereocenters. The first-order valence-corrected chi connectivity index (χ1v) is 6.05. The molecule has 0 spiro atoms. The van der Waals surface area contributed by atoms with Crippen LogP contribution in [0.5, 0.6) is 5.88 Å². The Morgan fingerprint density at radius 1 is 1.53 bits per heavy atom. The van der Waals surface area contributed by atoms with Crippen molar-refractivity contribution in [3.05, 3.63) is 40.3 Å². The molecular weight excluding hydrogens is 246 g/mol. The fourth-order valence-corrected chi connectivity index (χ4v) is 1.67. The van der Waals surface area contributed by atoms with E-state index in [9.17, 15) is 14.7 Å². The molecule has 2 rings (SSSR count). The van der Waals surface area contributed by atoms with Gasteiger partial charge in [-0.25, -0.2) is 0 Å². The van der Waals surface area contributed by atoms with Crippen LogP contribution in [0.4, 0.5) is 0 Å². The Hall–Kier alpha value is -2.37. The highest BCUT2D eigenvalue weighted by atomic mass is 16.3. The van der Waals surface area contributed by atoms with Crippen LogP contribution in [-0.4, -0.2) is 26.4 Å². The van der Waals surface area contributed by atoms with E-state index in [0.717, 1.165) is 6.42 Å². The number of carbonyl (C=O) groups is 1. The van der Waals surface area contributed by atoms with Crippen LogP contribution in [0.25, 0.3) is 5.65 Å². The van der Waals surface area contributed by atoms with Crippen molar-refractivity contribution in [3.8, 4) is 5.88 Å². The van der Waals surface area contributed by atoms with Gasteiger partial charge in [0, 0.05) is 12.2 Å². The van der Waals surface area contributed by atoms with Gasteiger partial charge >= 0.3 is 0 Å². The summed E-state index contributed by atoms with van der Waals surface area (Å²) in [6.07, 6.45) is 2.24. The van der Waals surface area contributed by atoms with Gasteiger partial charge in [0.25, 0.3) is 11.5 Å². The smallest absolute Gasteiger partial charge is 0.274 e. The number of fused-ring (bicyclic) bond motifs is 1. The van der Waals surface area contributed by atoms with Crippen LogP contribution in [0, 0.1) is 0 Å². The predicted octanol–water partition coefficient (Wildman–Crippen LogP) is 0.928. The van der Waals surface area contributed by atoms with Gasteiger partial charge in [0.1, 0.15) is 5.65 Å². The average Bonchev–Trinajstić information content (AvgIpc) is 2.38. The van der Waals surface area contributed by atoms with Crippen LogP contribution < -0.4 is 10.9 Å². The third-order valence-corrected chi connectivity index (χ3v) is 2.93. The fourth-order valence-electron chi connectivity index (χ4n) is 1.67. The zero-order valence-corrected chi connectivity index (χ0v) is 10.8. The van der Waals surface area contributed by atoms with Crippen molar-refractivity contribution in [2.45, 2.75) is 26.3 Å². The van der Waals surface area contributed by atoms with Gasteiger partial charge in [-0.3, -0.25) is 14.0 Å². The second-order valence-electron chi connectivity index (χ2n) is 4.33. The van der Waals surface area contributed by atoms with E-state index in [1.54, 1.807) is 18.2 Å². The van der Waals surface area contributed by atoms with Gasteiger partial charge in [-0.2, -0.15) is 4.98 Å². The zero-order chi connectivity index (χ0) is 14.0. The molecular formula is C13H15N3O3. The summed E-state index contributed by atoms with van der Waals surface area (Å²) in [5.74, 6) is -1.15. The minimum absolute atomic E-state index is 0.0808. The second kappa shape index (κ2) is 5.09. The summed E-state index contributed by atoms with van der Waals surface area (Å²) in [5, 5.41) is 12.4. The lowest BCUT2D eigenvalue weighted by atomic mass is 10.2. The Bertz CT molecular complexity index is 678. The molecule has 2 N–H and O–H groups in total. The lowest BCUT2D eigenvalue weighted by Crippen LogP contribution is -2.36. The SMILES string of the molecule is CC[C@@H](C)NC(=O)c1c(O)nc2ccccn2c1=O. The number of pyridine rings is 1. The lowest BCUT2D eigenvalue weighted by Gasteiger charge is -2.12. The average molecular weight is 261 g/mol. The normalized spacial score (nSPS) is 12.3. The molecule has 6 nitrogen and oxygen atoms in total. The number of nitrogens with one attached hydrogen (secondary N) is 1. The largest absolute Gasteiger partial charge is 0.493 e. The molecule has 0 aliphatic heterocycles. The van der Waals surface area contributed by atoms with Crippen LogP contribution in [0.1, 0.15) is 30.6 Å². The van der Waals surface area contributed by atoms with E-state index >= 15 is 0 Å². The molecule has 1 amide bonds. The number of hydrogen-bond donors (Lipinski definition) is 2. The summed E-state index contributed by atoms with van der Waals surface area (Å²) in [4.78, 5) is 28.0. The number of nitrogens with zero attached hydrogens (tertiary/aromatic N) is 2. The maximum atomic E-state index is 12.2. The van der Waals surface area contributed by atoms with Gasteiger partial charge in [-0.15, -0.1) is 0 Å². The van der Waals surface area contributed by atoms with Crippen LogP contribution in [0.15, 0.2) is 29.2 Å². The summed E-state index contributed by atoms with van der Waals surface area (Å²) in [5.41, 5.74) is -0.613. The molecule has 0 fully saturated rings. The van der Waals surface area contributed by atoms with Crippen molar-refractivity contribution >= 4 is 11.6 Å². The molecule has 6 heteroatoms. The Kier molecular flexibility index (Phi) is 3.50. The first-order chi connectivity index (χ1) is 9.04. The molecule has 0 bridgehead atoms. The number of carbonyl (C=O) groups excluding carboxylic acids is 1. The lowest BCUT2D eigenvalue weighted by molar-refractivity contribution is 0.0934. The topological polar surface area (TPSA) is 83.7 Å². The van der Waals surface area contributed by atoms with Crippen molar-refractivity contribution in [2.24, 2.45) is 0 Å². The summed E-state index contributed by atoms with van der Waals surface area (Å²) < 4.78 is 1.23. The van der Waals surface area contributed by atoms with Crippen LogP contribution >= 0.6 is 0 Å². The minimum atomic E-state index is -0.609. The molecule has 0 aliphatic rings. The highest BCUT2D eigenvalue weighted by Gasteiger charge is 2.20. The van der Waals surface area contributed by atoms with Gasteiger partial charge < -0.3 is 10.4 Å². The molecule has 0 aromatic carbocycles. The third-order valence-electron chi connectivity index (χ3n) is 2.93. The van der Waals surface area contributed by atoms with Crippen molar-refractivity contribution < 1.29 is 9.90 Å². The Morgan fingerprint density at radius 2 is 2.26 bits per heavy atom. The number of amides is 1. The highest BCUT2D eigenvalue weighted by Crippen LogP contribution is 2.11. The molecule has 0 saturated carbocycles. The minimum Gasteiger partial charge on any atom is -0.493 e. The summed E-state index contributed by atoms with van der Waals surface area (Å²) >= 11 is 0. The van der Waals surface area contributed by atoms with Crippen molar-refractivity contribution in [1.29, 1.82) is 0 Å². The maximum absolute atomic E-state index is 12.2. The molecule has 2 aromatic rings. The number of hydrogen-bond acceptors (Lipinski definition) is 4. The zero-order valence-electron chi connectivity index (χ0n) is 10.8. The number of aromatic hydroxyl groups is 1. The van der Waals surface area contributed by atoms with Crippen LogP contribution in [0.3, 0.4) is 0 Å². The Morgan fingerprint density at radius 3 is 2.95 bits per heavy atom. The van der Waals surface area contributed by atoms with Crippen LogP contribution in [-0.2, 0) is 0 Å². The molecule has 2 aromatic heterocycles. The third kappa shape index (κ3) is 2.42. The van der Waals surface area contributed by atoms with E-state index in [1.165, 1.54) is 10.6 Å². The molecule has 19 heavy (non-hydrogen) atoms. The van der Waals surface area contributed by atoms with E-state index < -0.39 is 17.3 Å². The second-order valence-corrected chi connectivity index (χ2v) is 4.33. The van der Waals surface area contributed by atoms with Gasteiger partial charge in [-0.1, -0.05) is 13.0 Å². The fraction of sp³-hybridized carbons (Fsp3) is 0.308. The van der Waals surface area contributed by atoms with E-state index in [2.05, 4.69) is 10.3 Å². The molecule has 100 valence electrons. The van der Waals surface area contributed by atoms with Crippen molar-refractivity contribution in [2.75, 3.05) is 0 Å². The summed E-state index contributed by atoms with van der Waals surface area (Å²) in [6, 6.07) is 4.85. The summed E-state index contributed by atoms with van der Waals surface area (Å²) in [7, 11) is 0. The van der Waals surface area contributed by atoms with E-state index in [-0.39, 0.29) is 11.6 Å². The van der Waals surface area contributed by atoms with Crippen LogP contribution in [0.2, 0.25) is 0 Å². The number of aromatic nitrogens is 2. The highest BCUT2D eigenvalue weighted by molar-refractivity contribution is 5.96. The Labute approximate surface area is 109 Å².